The van der Waals surface area contributed by atoms with Crippen LogP contribution in [-0.2, 0) is 19.0 Å². The number of carbonyl (C=O) groups is 3. The van der Waals surface area contributed by atoms with Crippen molar-refractivity contribution in [3.05, 3.63) is 24.3 Å². The number of ether oxygens (including phenoxy) is 3. The molecule has 0 aliphatic carbocycles. The molecule has 0 aromatic heterocycles. The Morgan fingerprint density at radius 2 is 1.08 bits per heavy atom. The summed E-state index contributed by atoms with van der Waals surface area (Å²) in [5.41, 5.74) is -0.737. The maximum atomic E-state index is 13.1. The highest BCUT2D eigenvalue weighted by Crippen LogP contribution is 2.28. The van der Waals surface area contributed by atoms with Crippen molar-refractivity contribution in [2.24, 2.45) is 11.3 Å². The standard InChI is InChI=1S/C44H80NO6P/c1-39(37-44(2,3)38-45(4)5)36-41(46)51-40-32-28-24-20-16-12-8-6-10-14-18-22-26-30-34-49-42(47)52-43(48)50-35-31-27-23-19-15-11-7-9-13-17-21-25-29-33-40/h10-11,14-15,39-40,52H,6-9,12-13,16-38H2,1-5H3/b14-10-,15-11-. The molecule has 8 heteroatoms. The first-order valence-corrected chi connectivity index (χ1v) is 22.3. The number of carbonyl (C=O) groups excluding carboxylic acids is 3. The van der Waals surface area contributed by atoms with E-state index in [4.69, 9.17) is 14.2 Å². The van der Waals surface area contributed by atoms with Crippen molar-refractivity contribution in [3.8, 4) is 0 Å². The van der Waals surface area contributed by atoms with Gasteiger partial charge in [-0.3, -0.25) is 4.79 Å². The van der Waals surface area contributed by atoms with Gasteiger partial charge in [0.25, 0.3) is 0 Å². The molecule has 0 aromatic carbocycles. The number of hydrogen-bond acceptors (Lipinski definition) is 7. The first-order valence-electron chi connectivity index (χ1n) is 21.3. The molecule has 0 saturated heterocycles. The highest BCUT2D eigenvalue weighted by molar-refractivity contribution is 7.72. The van der Waals surface area contributed by atoms with Gasteiger partial charge in [0.2, 0.25) is 0 Å². The molecule has 0 radical (unpaired) electrons. The lowest BCUT2D eigenvalue weighted by atomic mass is 9.82. The van der Waals surface area contributed by atoms with Gasteiger partial charge in [-0.05, 0) is 135 Å². The van der Waals surface area contributed by atoms with Crippen LogP contribution in [0, 0.1) is 11.3 Å². The smallest absolute Gasteiger partial charge is 0.334 e. The maximum absolute atomic E-state index is 13.1. The first-order chi connectivity index (χ1) is 25.1. The highest BCUT2D eigenvalue weighted by atomic mass is 31.1. The lowest BCUT2D eigenvalue weighted by Gasteiger charge is -2.31. The highest BCUT2D eigenvalue weighted by Gasteiger charge is 2.24. The molecule has 0 fully saturated rings. The first kappa shape index (κ1) is 48.3. The summed E-state index contributed by atoms with van der Waals surface area (Å²) in [7, 11) is 3.67. The van der Waals surface area contributed by atoms with Crippen molar-refractivity contribution in [2.75, 3.05) is 33.9 Å². The summed E-state index contributed by atoms with van der Waals surface area (Å²) in [5, 5.41) is 0. The SMILES string of the molecule is CC(CC(=O)OC1CCCCCCCC/C=C\CCCCCOC(=O)PC(=O)OCCCCC/C=C\CCCCCCCC1)CC(C)(C)CN(C)C. The summed E-state index contributed by atoms with van der Waals surface area (Å²) in [4.78, 5) is 39.1. The molecule has 0 saturated carbocycles. The Morgan fingerprint density at radius 1 is 0.692 bits per heavy atom. The van der Waals surface area contributed by atoms with Crippen molar-refractivity contribution in [1.82, 2.24) is 4.90 Å². The average Bonchev–Trinajstić information content (AvgIpc) is 3.06. The molecular formula is C44H80NO6P. The minimum Gasteiger partial charge on any atom is -0.462 e. The van der Waals surface area contributed by atoms with Crippen molar-refractivity contribution in [3.63, 3.8) is 0 Å². The molecule has 302 valence electrons. The van der Waals surface area contributed by atoms with Gasteiger partial charge in [0.05, 0.1) is 13.2 Å². The van der Waals surface area contributed by atoms with E-state index in [1.165, 1.54) is 64.2 Å². The van der Waals surface area contributed by atoms with Crippen molar-refractivity contribution in [1.29, 1.82) is 0 Å². The summed E-state index contributed by atoms with van der Waals surface area (Å²) >= 11 is 0. The van der Waals surface area contributed by atoms with Gasteiger partial charge in [-0.25, -0.2) is 9.59 Å². The molecule has 0 bridgehead atoms. The Kier molecular flexibility index (Phi) is 30.4. The van der Waals surface area contributed by atoms with Crippen molar-refractivity contribution < 1.29 is 28.6 Å². The predicted molar refractivity (Wildman–Crippen MR) is 221 cm³/mol. The molecule has 1 aliphatic heterocycles. The molecule has 0 amide bonds. The van der Waals surface area contributed by atoms with Crippen LogP contribution in [-0.4, -0.2) is 62.2 Å². The second-order valence-electron chi connectivity index (χ2n) is 16.5. The number of allylic oxidation sites excluding steroid dienone is 4. The molecule has 0 N–H and O–H groups in total. The lowest BCUT2D eigenvalue weighted by Crippen LogP contribution is -2.31. The molecule has 52 heavy (non-hydrogen) atoms. The zero-order valence-corrected chi connectivity index (χ0v) is 35.4. The largest absolute Gasteiger partial charge is 0.462 e. The fraction of sp³-hybridized carbons (Fsp3) is 0.841. The van der Waals surface area contributed by atoms with Gasteiger partial charge in [-0.2, -0.15) is 0 Å². The number of rotatable bonds is 7. The van der Waals surface area contributed by atoms with E-state index in [2.05, 4.69) is 64.1 Å². The van der Waals surface area contributed by atoms with Crippen molar-refractivity contribution >= 4 is 26.0 Å². The molecule has 0 spiro atoms. The topological polar surface area (TPSA) is 82.1 Å². The van der Waals surface area contributed by atoms with Gasteiger partial charge in [-0.1, -0.05) is 96.4 Å². The Hall–Kier alpha value is -1.72. The zero-order valence-electron chi connectivity index (χ0n) is 34.4. The maximum Gasteiger partial charge on any atom is 0.334 e. The number of hydrogen-bond donors (Lipinski definition) is 0. The monoisotopic (exact) mass is 750 g/mol. The van der Waals surface area contributed by atoms with Gasteiger partial charge < -0.3 is 19.1 Å². The van der Waals surface area contributed by atoms with E-state index in [1.54, 1.807) is 0 Å². The van der Waals surface area contributed by atoms with Crippen LogP contribution in [0.15, 0.2) is 24.3 Å². The Labute approximate surface area is 322 Å². The second kappa shape index (κ2) is 32.7. The van der Waals surface area contributed by atoms with Crippen LogP contribution in [0.3, 0.4) is 0 Å². The van der Waals surface area contributed by atoms with E-state index in [0.29, 0.717) is 25.6 Å². The van der Waals surface area contributed by atoms with Crippen LogP contribution < -0.4 is 0 Å². The minimum atomic E-state index is -0.562. The minimum absolute atomic E-state index is 0.00410. The summed E-state index contributed by atoms with van der Waals surface area (Å²) < 4.78 is 16.6. The van der Waals surface area contributed by atoms with E-state index in [0.717, 1.165) is 103 Å². The van der Waals surface area contributed by atoms with Gasteiger partial charge in [0.15, 0.2) is 0 Å². The van der Waals surface area contributed by atoms with Crippen LogP contribution in [0.2, 0.25) is 0 Å². The lowest BCUT2D eigenvalue weighted by molar-refractivity contribution is -0.151. The van der Waals surface area contributed by atoms with Crippen LogP contribution in [0.4, 0.5) is 9.59 Å². The molecule has 1 aliphatic rings. The van der Waals surface area contributed by atoms with E-state index < -0.39 is 20.0 Å². The van der Waals surface area contributed by atoms with Gasteiger partial charge >= 0.3 is 17.4 Å². The van der Waals surface area contributed by atoms with E-state index in [1.807, 2.05) is 0 Å². The molecule has 0 aromatic rings. The zero-order chi connectivity index (χ0) is 38.1. The Morgan fingerprint density at radius 3 is 1.50 bits per heavy atom. The van der Waals surface area contributed by atoms with Crippen LogP contribution in [0.25, 0.3) is 0 Å². The second-order valence-corrected chi connectivity index (χ2v) is 17.5. The number of cyclic esters (lactones) is 2. The summed E-state index contributed by atoms with van der Waals surface area (Å²) in [5.74, 6) is 0.318. The molecular weight excluding hydrogens is 669 g/mol. The summed E-state index contributed by atoms with van der Waals surface area (Å²) in [6.07, 6.45) is 37.7. The quantitative estimate of drug-likeness (QED) is 0.111. The summed E-state index contributed by atoms with van der Waals surface area (Å²) in [6.45, 7) is 8.56. The third-order valence-corrected chi connectivity index (χ3v) is 10.5. The van der Waals surface area contributed by atoms with Gasteiger partial charge in [-0.15, -0.1) is 0 Å². The third kappa shape index (κ3) is 31.8. The Bertz CT molecular complexity index is 912. The van der Waals surface area contributed by atoms with Crippen LogP contribution >= 0.6 is 8.58 Å². The fourth-order valence-electron chi connectivity index (χ4n) is 7.44. The van der Waals surface area contributed by atoms with Crippen LogP contribution in [0.5, 0.6) is 0 Å². The molecule has 1 unspecified atom stereocenters. The number of nitrogens with zero attached hydrogens (tertiary/aromatic N) is 1. The third-order valence-electron chi connectivity index (χ3n) is 9.79. The van der Waals surface area contributed by atoms with Crippen molar-refractivity contribution in [2.45, 2.75) is 194 Å². The van der Waals surface area contributed by atoms with E-state index in [9.17, 15) is 14.4 Å². The average molecular weight is 750 g/mol. The molecule has 1 atom stereocenters. The Balaban J connectivity index is 2.51. The van der Waals surface area contributed by atoms with Crippen LogP contribution in [0.1, 0.15) is 188 Å². The molecule has 1 rings (SSSR count). The van der Waals surface area contributed by atoms with E-state index in [-0.39, 0.29) is 17.5 Å². The molecule has 1 heterocycles. The number of esters is 1. The normalized spacial score (nSPS) is 23.5. The van der Waals surface area contributed by atoms with Gasteiger partial charge in [0.1, 0.15) is 14.7 Å². The van der Waals surface area contributed by atoms with E-state index >= 15 is 0 Å². The fourth-order valence-corrected chi connectivity index (χ4v) is 7.95. The molecule has 7 nitrogen and oxygen atoms in total. The predicted octanol–water partition coefficient (Wildman–Crippen LogP) is 13.3. The van der Waals surface area contributed by atoms with Gasteiger partial charge in [0, 0.05) is 13.0 Å². The summed E-state index contributed by atoms with van der Waals surface area (Å²) in [6, 6.07) is 0.